The zero-order valence-corrected chi connectivity index (χ0v) is 10.1. The Bertz CT molecular complexity index is 565. The fourth-order valence-corrected chi connectivity index (χ4v) is 1.33. The van der Waals surface area contributed by atoms with Crippen molar-refractivity contribution in [2.45, 2.75) is 6.92 Å². The topological polar surface area (TPSA) is 47.9 Å². The molecule has 0 bridgehead atoms. The molecule has 88 valence electrons. The number of benzene rings is 1. The molecule has 1 heterocycles. The third-order valence-corrected chi connectivity index (χ3v) is 2.35. The van der Waals surface area contributed by atoms with Gasteiger partial charge in [-0.2, -0.15) is 4.98 Å². The van der Waals surface area contributed by atoms with E-state index in [1.165, 1.54) is 6.07 Å². The highest BCUT2D eigenvalue weighted by atomic mass is 35.5. The van der Waals surface area contributed by atoms with Gasteiger partial charge in [-0.25, -0.2) is 4.39 Å². The minimum Gasteiger partial charge on any atom is -0.436 e. The van der Waals surface area contributed by atoms with Gasteiger partial charge in [-0.3, -0.25) is 0 Å². The Morgan fingerprint density at radius 2 is 2.00 bits per heavy atom. The predicted molar refractivity (Wildman–Crippen MR) is 61.1 cm³/mol. The van der Waals surface area contributed by atoms with E-state index < -0.39 is 0 Å². The highest BCUT2D eigenvalue weighted by Crippen LogP contribution is 2.26. The standard InChI is InChI=1S/C10H6Cl2FN3O/c1-5-2-3-6(4-7(5)13)17-9-8(11)15-16-10(12)14-9/h2-4H,1H3. The molecule has 17 heavy (non-hydrogen) atoms. The van der Waals surface area contributed by atoms with Crippen molar-refractivity contribution in [3.8, 4) is 11.6 Å². The highest BCUT2D eigenvalue weighted by molar-refractivity contribution is 6.31. The van der Waals surface area contributed by atoms with Crippen molar-refractivity contribution in [2.24, 2.45) is 0 Å². The lowest BCUT2D eigenvalue weighted by atomic mass is 10.2. The Kier molecular flexibility index (Phi) is 3.40. The van der Waals surface area contributed by atoms with Crippen molar-refractivity contribution < 1.29 is 9.13 Å². The van der Waals surface area contributed by atoms with Crippen LogP contribution < -0.4 is 4.74 Å². The molecule has 2 rings (SSSR count). The molecular weight excluding hydrogens is 268 g/mol. The molecule has 0 amide bonds. The summed E-state index contributed by atoms with van der Waals surface area (Å²) < 4.78 is 18.5. The first-order valence-electron chi connectivity index (χ1n) is 4.56. The summed E-state index contributed by atoms with van der Waals surface area (Å²) in [6.07, 6.45) is 0. The fraction of sp³-hybridized carbons (Fsp3) is 0.100. The smallest absolute Gasteiger partial charge is 0.262 e. The van der Waals surface area contributed by atoms with Crippen LogP contribution >= 0.6 is 23.2 Å². The average molecular weight is 274 g/mol. The van der Waals surface area contributed by atoms with Crippen LogP contribution in [0.25, 0.3) is 0 Å². The Labute approximate surface area is 106 Å². The second-order valence-corrected chi connectivity index (χ2v) is 3.89. The molecule has 4 nitrogen and oxygen atoms in total. The third kappa shape index (κ3) is 2.81. The first kappa shape index (κ1) is 12.0. The van der Waals surface area contributed by atoms with Crippen LogP contribution in [0.3, 0.4) is 0 Å². The van der Waals surface area contributed by atoms with Crippen LogP contribution in [-0.2, 0) is 0 Å². The Balaban J connectivity index is 2.31. The van der Waals surface area contributed by atoms with E-state index in [-0.39, 0.29) is 27.9 Å². The van der Waals surface area contributed by atoms with Gasteiger partial charge in [0.05, 0.1) is 0 Å². The summed E-state index contributed by atoms with van der Waals surface area (Å²) in [6.45, 7) is 1.65. The van der Waals surface area contributed by atoms with Gasteiger partial charge in [-0.1, -0.05) is 17.7 Å². The van der Waals surface area contributed by atoms with Crippen LogP contribution in [0.4, 0.5) is 4.39 Å². The van der Waals surface area contributed by atoms with Crippen LogP contribution in [0.2, 0.25) is 10.4 Å². The number of ether oxygens (including phenoxy) is 1. The maximum Gasteiger partial charge on any atom is 0.262 e. The first-order valence-corrected chi connectivity index (χ1v) is 5.31. The van der Waals surface area contributed by atoms with E-state index in [4.69, 9.17) is 27.9 Å². The zero-order chi connectivity index (χ0) is 12.4. The SMILES string of the molecule is Cc1ccc(Oc2nc(Cl)nnc2Cl)cc1F. The lowest BCUT2D eigenvalue weighted by molar-refractivity contribution is 0.452. The number of hydrogen-bond donors (Lipinski definition) is 0. The summed E-state index contributed by atoms with van der Waals surface area (Å²) in [5.41, 5.74) is 0.516. The molecule has 0 radical (unpaired) electrons. The molecule has 0 atom stereocenters. The van der Waals surface area contributed by atoms with E-state index in [2.05, 4.69) is 15.2 Å². The molecule has 1 aromatic heterocycles. The van der Waals surface area contributed by atoms with Crippen molar-refractivity contribution >= 4 is 23.2 Å². The molecule has 0 aliphatic carbocycles. The van der Waals surface area contributed by atoms with Crippen molar-refractivity contribution in [3.05, 3.63) is 40.0 Å². The number of aromatic nitrogens is 3. The van der Waals surface area contributed by atoms with E-state index >= 15 is 0 Å². The molecule has 0 spiro atoms. The number of hydrogen-bond acceptors (Lipinski definition) is 4. The van der Waals surface area contributed by atoms with Crippen molar-refractivity contribution in [2.75, 3.05) is 0 Å². The maximum absolute atomic E-state index is 13.3. The largest absolute Gasteiger partial charge is 0.436 e. The van der Waals surface area contributed by atoms with E-state index in [1.54, 1.807) is 19.1 Å². The molecular formula is C10H6Cl2FN3O. The van der Waals surface area contributed by atoms with Crippen molar-refractivity contribution in [1.82, 2.24) is 15.2 Å². The van der Waals surface area contributed by atoms with Gasteiger partial charge in [-0.15, -0.1) is 10.2 Å². The zero-order valence-electron chi connectivity index (χ0n) is 8.62. The number of rotatable bonds is 2. The van der Waals surface area contributed by atoms with E-state index in [0.717, 1.165) is 0 Å². The summed E-state index contributed by atoms with van der Waals surface area (Å²) in [7, 11) is 0. The fourth-order valence-electron chi connectivity index (χ4n) is 1.09. The molecule has 0 saturated heterocycles. The first-order chi connectivity index (χ1) is 8.06. The number of nitrogens with zero attached hydrogens (tertiary/aromatic N) is 3. The van der Waals surface area contributed by atoms with Crippen LogP contribution in [-0.4, -0.2) is 15.2 Å². The van der Waals surface area contributed by atoms with Gasteiger partial charge in [0.25, 0.3) is 5.88 Å². The van der Waals surface area contributed by atoms with Gasteiger partial charge < -0.3 is 4.74 Å². The van der Waals surface area contributed by atoms with Crippen molar-refractivity contribution in [3.63, 3.8) is 0 Å². The van der Waals surface area contributed by atoms with Crippen LogP contribution in [0.1, 0.15) is 5.56 Å². The molecule has 0 unspecified atom stereocenters. The normalized spacial score (nSPS) is 10.4. The van der Waals surface area contributed by atoms with E-state index in [0.29, 0.717) is 5.56 Å². The minimum absolute atomic E-state index is 0.0186. The molecule has 7 heteroatoms. The monoisotopic (exact) mass is 273 g/mol. The molecule has 1 aromatic carbocycles. The van der Waals surface area contributed by atoms with Crippen LogP contribution in [0, 0.1) is 12.7 Å². The van der Waals surface area contributed by atoms with Gasteiger partial charge in [0, 0.05) is 6.07 Å². The van der Waals surface area contributed by atoms with Crippen LogP contribution in [0.5, 0.6) is 11.6 Å². The third-order valence-electron chi connectivity index (χ3n) is 1.95. The van der Waals surface area contributed by atoms with Gasteiger partial charge >= 0.3 is 0 Å². The van der Waals surface area contributed by atoms with Gasteiger partial charge in [-0.05, 0) is 30.2 Å². The maximum atomic E-state index is 13.3. The van der Waals surface area contributed by atoms with Crippen LogP contribution in [0.15, 0.2) is 18.2 Å². The Hall–Kier alpha value is -1.46. The summed E-state index contributed by atoms with van der Waals surface area (Å²) in [6, 6.07) is 4.39. The van der Waals surface area contributed by atoms with Gasteiger partial charge in [0.2, 0.25) is 10.4 Å². The number of aryl methyl sites for hydroxylation is 1. The van der Waals surface area contributed by atoms with Crippen molar-refractivity contribution in [1.29, 1.82) is 0 Å². The lowest BCUT2D eigenvalue weighted by Crippen LogP contribution is -1.95. The average Bonchev–Trinajstić information content (AvgIpc) is 2.29. The molecule has 0 saturated carbocycles. The summed E-state index contributed by atoms with van der Waals surface area (Å²) >= 11 is 11.2. The second kappa shape index (κ2) is 4.81. The summed E-state index contributed by atoms with van der Waals surface area (Å²) in [4.78, 5) is 3.74. The molecule has 2 aromatic rings. The predicted octanol–water partition coefficient (Wildman–Crippen LogP) is 3.42. The molecule has 0 N–H and O–H groups in total. The molecule has 0 aliphatic heterocycles. The quantitative estimate of drug-likeness (QED) is 0.841. The van der Waals surface area contributed by atoms with E-state index in [9.17, 15) is 4.39 Å². The Morgan fingerprint density at radius 1 is 1.24 bits per heavy atom. The number of halogens is 3. The van der Waals surface area contributed by atoms with Gasteiger partial charge in [0.1, 0.15) is 11.6 Å². The lowest BCUT2D eigenvalue weighted by Gasteiger charge is -2.06. The van der Waals surface area contributed by atoms with E-state index in [1.807, 2.05) is 0 Å². The highest BCUT2D eigenvalue weighted by Gasteiger charge is 2.09. The Morgan fingerprint density at radius 3 is 2.71 bits per heavy atom. The summed E-state index contributed by atoms with van der Waals surface area (Å²) in [5.74, 6) is -0.145. The van der Waals surface area contributed by atoms with Gasteiger partial charge in [0.15, 0.2) is 0 Å². The summed E-state index contributed by atoms with van der Waals surface area (Å²) in [5, 5.41) is 6.80. The molecule has 0 aliphatic rings. The minimum atomic E-state index is -0.383. The molecule has 0 fully saturated rings. The second-order valence-electron chi connectivity index (χ2n) is 3.19.